The Morgan fingerprint density at radius 2 is 1.89 bits per heavy atom. The topological polar surface area (TPSA) is 52.9 Å². The van der Waals surface area contributed by atoms with Gasteiger partial charge in [0.2, 0.25) is 0 Å². The minimum Gasteiger partial charge on any atom is -0.508 e. The van der Waals surface area contributed by atoms with Crippen LogP contribution >= 0.6 is 0 Å². The fourth-order valence-corrected chi connectivity index (χ4v) is 9.44. The van der Waals surface area contributed by atoms with E-state index < -0.39 is 11.2 Å². The number of aromatic hydroxyl groups is 1. The first-order chi connectivity index (χ1) is 16.8. The molecule has 0 radical (unpaired) electrons. The fourth-order valence-electron chi connectivity index (χ4n) is 9.44. The summed E-state index contributed by atoms with van der Waals surface area (Å²) in [7, 11) is 1.89. The SMILES string of the molecule is C=CCCN1CCC23c4c(ccc(O)c4C[C@H]2[C@@]2(OC)CC[C@]3(C)CC2[C@](C)(O)C(C)(C)C)CC1C. The van der Waals surface area contributed by atoms with Crippen molar-refractivity contribution in [3.8, 4) is 5.75 Å². The summed E-state index contributed by atoms with van der Waals surface area (Å²) < 4.78 is 6.70. The summed E-state index contributed by atoms with van der Waals surface area (Å²) in [6.45, 7) is 19.5. The zero-order valence-corrected chi connectivity index (χ0v) is 23.8. The fraction of sp³-hybridized carbons (Fsp3) is 0.750. The summed E-state index contributed by atoms with van der Waals surface area (Å²) >= 11 is 0. The van der Waals surface area contributed by atoms with E-state index in [-0.39, 0.29) is 28.1 Å². The van der Waals surface area contributed by atoms with Crippen LogP contribution in [0.25, 0.3) is 0 Å². The summed E-state index contributed by atoms with van der Waals surface area (Å²) in [5, 5.41) is 23.4. The zero-order valence-electron chi connectivity index (χ0n) is 23.8. The quantitative estimate of drug-likeness (QED) is 0.491. The van der Waals surface area contributed by atoms with Crippen molar-refractivity contribution in [3.05, 3.63) is 41.5 Å². The Bertz CT molecular complexity index is 1040. The molecule has 2 bridgehead atoms. The third-order valence-corrected chi connectivity index (χ3v) is 11.9. The van der Waals surface area contributed by atoms with E-state index in [0.29, 0.717) is 11.8 Å². The van der Waals surface area contributed by atoms with Gasteiger partial charge in [-0.2, -0.15) is 0 Å². The highest BCUT2D eigenvalue weighted by Crippen LogP contribution is 2.75. The average Bonchev–Trinajstić information content (AvgIpc) is 3.19. The van der Waals surface area contributed by atoms with Crippen LogP contribution in [0.2, 0.25) is 0 Å². The van der Waals surface area contributed by atoms with Gasteiger partial charge in [-0.1, -0.05) is 39.8 Å². The predicted octanol–water partition coefficient (Wildman–Crippen LogP) is 6.02. The molecular weight excluding hydrogens is 446 g/mol. The Balaban J connectivity index is 1.72. The first-order valence-electron chi connectivity index (χ1n) is 14.3. The molecule has 4 heteroatoms. The molecule has 7 atom stereocenters. The van der Waals surface area contributed by atoms with Crippen LogP contribution in [-0.4, -0.2) is 52.6 Å². The first-order valence-corrected chi connectivity index (χ1v) is 14.3. The van der Waals surface area contributed by atoms with Crippen molar-refractivity contribution >= 4 is 0 Å². The van der Waals surface area contributed by atoms with Crippen molar-refractivity contribution in [3.63, 3.8) is 0 Å². The van der Waals surface area contributed by atoms with Crippen LogP contribution in [0.5, 0.6) is 5.75 Å². The number of ether oxygens (including phenoxy) is 1. The van der Waals surface area contributed by atoms with Crippen molar-refractivity contribution < 1.29 is 14.9 Å². The van der Waals surface area contributed by atoms with Crippen LogP contribution < -0.4 is 0 Å². The van der Waals surface area contributed by atoms with Crippen LogP contribution in [0.4, 0.5) is 0 Å². The Hall–Kier alpha value is -1.36. The Morgan fingerprint density at radius 3 is 2.53 bits per heavy atom. The van der Waals surface area contributed by atoms with E-state index in [1.165, 1.54) is 11.1 Å². The molecular formula is C32H49NO3. The lowest BCUT2D eigenvalue weighted by Crippen LogP contribution is -2.74. The van der Waals surface area contributed by atoms with Crippen LogP contribution in [0.3, 0.4) is 0 Å². The standard InChI is InChI=1S/C32H49NO3/c1-9-10-16-33-17-15-31-25(19-23-24(34)12-11-22(27(23)31)18-21(33)2)32(36-8)14-13-29(31,6)20-26(32)30(7,35)28(3,4)5/h9,11-12,21,25-26,34-35H,1,10,13-20H2,2-8H3/t21?,25-,26?,29-,30+,31?,32+/m1/s1. The van der Waals surface area contributed by atoms with Gasteiger partial charge in [-0.05, 0) is 98.9 Å². The molecule has 1 spiro atoms. The summed E-state index contributed by atoms with van der Waals surface area (Å²) in [4.78, 5) is 2.66. The lowest BCUT2D eigenvalue weighted by Gasteiger charge is -2.71. The highest BCUT2D eigenvalue weighted by Gasteiger charge is 2.75. The molecule has 3 saturated carbocycles. The number of benzene rings is 1. The maximum Gasteiger partial charge on any atom is 0.119 e. The van der Waals surface area contributed by atoms with Crippen molar-refractivity contribution in [2.24, 2.45) is 22.7 Å². The van der Waals surface area contributed by atoms with Crippen molar-refractivity contribution in [1.82, 2.24) is 4.90 Å². The van der Waals surface area contributed by atoms with Crippen molar-refractivity contribution in [1.29, 1.82) is 0 Å². The monoisotopic (exact) mass is 495 g/mol. The van der Waals surface area contributed by atoms with Gasteiger partial charge >= 0.3 is 0 Å². The molecule has 200 valence electrons. The van der Waals surface area contributed by atoms with Crippen molar-refractivity contribution in [2.45, 2.75) is 109 Å². The lowest BCUT2D eigenvalue weighted by atomic mass is 9.36. The van der Waals surface area contributed by atoms with Crippen LogP contribution in [0, 0.1) is 22.7 Å². The molecule has 1 heterocycles. The maximum absolute atomic E-state index is 12.2. The van der Waals surface area contributed by atoms with Gasteiger partial charge in [-0.3, -0.25) is 4.90 Å². The minimum atomic E-state index is -0.863. The van der Waals surface area contributed by atoms with Gasteiger partial charge in [0, 0.05) is 36.9 Å². The summed E-state index contributed by atoms with van der Waals surface area (Å²) in [5.41, 5.74) is 2.47. The van der Waals surface area contributed by atoms with Gasteiger partial charge < -0.3 is 14.9 Å². The first kappa shape index (κ1) is 26.3. The second-order valence-corrected chi connectivity index (χ2v) is 14.1. The minimum absolute atomic E-state index is 0.0380. The largest absolute Gasteiger partial charge is 0.508 e. The molecule has 4 nitrogen and oxygen atoms in total. The molecule has 1 aliphatic heterocycles. The third kappa shape index (κ3) is 3.23. The maximum atomic E-state index is 12.2. The van der Waals surface area contributed by atoms with E-state index in [2.05, 4.69) is 59.1 Å². The Kier molecular flexibility index (Phi) is 6.07. The van der Waals surface area contributed by atoms with E-state index in [0.717, 1.165) is 63.6 Å². The second kappa shape index (κ2) is 8.32. The van der Waals surface area contributed by atoms with E-state index in [1.54, 1.807) is 0 Å². The number of hydrogen-bond acceptors (Lipinski definition) is 4. The molecule has 3 fully saturated rings. The molecule has 1 aromatic carbocycles. The van der Waals surface area contributed by atoms with E-state index >= 15 is 0 Å². The van der Waals surface area contributed by atoms with E-state index in [9.17, 15) is 10.2 Å². The molecule has 0 aromatic heterocycles. The number of hydrogen-bond donors (Lipinski definition) is 2. The lowest BCUT2D eigenvalue weighted by molar-refractivity contribution is -0.283. The number of methoxy groups -OCH3 is 1. The van der Waals surface area contributed by atoms with Crippen LogP contribution in [0.1, 0.15) is 90.3 Å². The number of phenols is 1. The van der Waals surface area contributed by atoms with Gasteiger partial charge in [-0.15, -0.1) is 6.58 Å². The number of phenolic OH excluding ortho intramolecular Hbond substituents is 1. The van der Waals surface area contributed by atoms with Gasteiger partial charge in [0.25, 0.3) is 0 Å². The summed E-state index contributed by atoms with van der Waals surface area (Å²) in [5.74, 6) is 0.746. The molecule has 36 heavy (non-hydrogen) atoms. The molecule has 0 amide bonds. The third-order valence-electron chi connectivity index (χ3n) is 11.9. The van der Waals surface area contributed by atoms with Crippen LogP contribution in [-0.2, 0) is 23.0 Å². The molecule has 6 rings (SSSR count). The molecule has 0 saturated heterocycles. The molecule has 5 aliphatic rings. The van der Waals surface area contributed by atoms with E-state index in [4.69, 9.17) is 4.74 Å². The van der Waals surface area contributed by atoms with Crippen LogP contribution in [0.15, 0.2) is 24.8 Å². The van der Waals surface area contributed by atoms with Gasteiger partial charge in [0.1, 0.15) is 5.75 Å². The Labute approximate surface area is 219 Å². The number of aliphatic hydroxyl groups is 1. The molecule has 2 N–H and O–H groups in total. The number of rotatable bonds is 5. The highest BCUT2D eigenvalue weighted by molar-refractivity contribution is 5.57. The van der Waals surface area contributed by atoms with Gasteiger partial charge in [0.05, 0.1) is 11.2 Å². The highest BCUT2D eigenvalue weighted by atomic mass is 16.5. The summed E-state index contributed by atoms with van der Waals surface area (Å²) in [6.07, 6.45) is 9.00. The number of nitrogens with zero attached hydrogens (tertiary/aromatic N) is 1. The van der Waals surface area contributed by atoms with Crippen molar-refractivity contribution in [2.75, 3.05) is 20.2 Å². The zero-order chi connectivity index (χ0) is 26.3. The van der Waals surface area contributed by atoms with Gasteiger partial charge in [0.15, 0.2) is 0 Å². The predicted molar refractivity (Wildman–Crippen MR) is 146 cm³/mol. The molecule has 4 aliphatic carbocycles. The average molecular weight is 496 g/mol. The molecule has 3 unspecified atom stereocenters. The van der Waals surface area contributed by atoms with Gasteiger partial charge in [-0.25, -0.2) is 0 Å². The normalized spacial score (nSPS) is 39.6. The Morgan fingerprint density at radius 1 is 1.17 bits per heavy atom. The van der Waals surface area contributed by atoms with E-state index in [1.807, 2.05) is 19.3 Å². The second-order valence-electron chi connectivity index (χ2n) is 14.1. The smallest absolute Gasteiger partial charge is 0.119 e. The molecule has 1 aromatic rings. The summed E-state index contributed by atoms with van der Waals surface area (Å²) in [6, 6.07) is 4.60. The number of fused-ring (bicyclic) bond motifs is 2.